The van der Waals surface area contributed by atoms with Gasteiger partial charge < -0.3 is 4.90 Å². The van der Waals surface area contributed by atoms with Crippen molar-refractivity contribution in [2.24, 2.45) is 5.41 Å². The van der Waals surface area contributed by atoms with Gasteiger partial charge in [-0.25, -0.2) is 0 Å². The molecule has 100 valence electrons. The first kappa shape index (κ1) is 13.6. The van der Waals surface area contributed by atoms with Crippen molar-refractivity contribution in [1.29, 1.82) is 0 Å². The van der Waals surface area contributed by atoms with Crippen LogP contribution in [0.15, 0.2) is 17.5 Å². The third-order valence-corrected chi connectivity index (χ3v) is 4.12. The largest absolute Gasteiger partial charge is 0.340 e. The van der Waals surface area contributed by atoms with Crippen LogP contribution in [0, 0.1) is 5.41 Å². The summed E-state index contributed by atoms with van der Waals surface area (Å²) in [4.78, 5) is 18.0. The van der Waals surface area contributed by atoms with Crippen LogP contribution in [0.1, 0.15) is 25.6 Å². The highest BCUT2D eigenvalue weighted by molar-refractivity contribution is 7.09. The number of thiophene rings is 1. The second kappa shape index (κ2) is 5.41. The van der Waals surface area contributed by atoms with Gasteiger partial charge in [0.1, 0.15) is 0 Å². The van der Waals surface area contributed by atoms with Crippen molar-refractivity contribution in [2.75, 3.05) is 26.2 Å². The fraction of sp³-hybridized carbons (Fsp3) is 0.643. The Hall–Kier alpha value is -0.870. The summed E-state index contributed by atoms with van der Waals surface area (Å²) in [6.45, 7) is 10.7. The Kier molecular flexibility index (Phi) is 4.07. The number of carbonyl (C=O) groups excluding carboxylic acids is 1. The molecule has 1 aromatic rings. The van der Waals surface area contributed by atoms with Crippen molar-refractivity contribution >= 4 is 17.2 Å². The van der Waals surface area contributed by atoms with E-state index in [2.05, 4.69) is 22.4 Å². The second-order valence-corrected chi connectivity index (χ2v) is 6.93. The molecule has 2 rings (SSSR count). The monoisotopic (exact) mass is 266 g/mol. The second-order valence-electron chi connectivity index (χ2n) is 5.90. The van der Waals surface area contributed by atoms with E-state index in [4.69, 9.17) is 0 Å². The summed E-state index contributed by atoms with van der Waals surface area (Å²) in [6.07, 6.45) is 0. The van der Waals surface area contributed by atoms with E-state index >= 15 is 0 Å². The van der Waals surface area contributed by atoms with Crippen molar-refractivity contribution in [3.8, 4) is 0 Å². The zero-order chi connectivity index (χ0) is 13.2. The average Bonchev–Trinajstić information content (AvgIpc) is 2.81. The Labute approximate surface area is 113 Å². The Balaban J connectivity index is 1.83. The lowest BCUT2D eigenvalue weighted by Crippen LogP contribution is -2.51. The molecule has 1 amide bonds. The maximum absolute atomic E-state index is 12.2. The van der Waals surface area contributed by atoms with Crippen molar-refractivity contribution in [1.82, 2.24) is 9.80 Å². The van der Waals surface area contributed by atoms with Crippen molar-refractivity contribution in [3.05, 3.63) is 22.4 Å². The molecule has 0 saturated carbocycles. The molecule has 1 saturated heterocycles. The standard InChI is InChI=1S/C14H22N2OS/c1-14(2,3)13(17)16-8-6-15(7-9-16)11-12-5-4-10-18-12/h4-5,10H,6-9,11H2,1-3H3. The molecule has 0 unspecified atom stereocenters. The molecular formula is C14H22N2OS. The highest BCUT2D eigenvalue weighted by Gasteiger charge is 2.29. The molecule has 1 aliphatic rings. The van der Waals surface area contributed by atoms with Crippen LogP contribution in [-0.2, 0) is 11.3 Å². The fourth-order valence-electron chi connectivity index (χ4n) is 2.21. The molecule has 0 N–H and O–H groups in total. The van der Waals surface area contributed by atoms with Crippen LogP contribution in [0.4, 0.5) is 0 Å². The van der Waals surface area contributed by atoms with Crippen LogP contribution in [0.25, 0.3) is 0 Å². The van der Waals surface area contributed by atoms with E-state index in [0.29, 0.717) is 0 Å². The molecule has 1 fully saturated rings. The van der Waals surface area contributed by atoms with E-state index in [9.17, 15) is 4.79 Å². The highest BCUT2D eigenvalue weighted by atomic mass is 32.1. The summed E-state index contributed by atoms with van der Waals surface area (Å²) in [5.74, 6) is 0.276. The number of carbonyl (C=O) groups is 1. The quantitative estimate of drug-likeness (QED) is 0.821. The highest BCUT2D eigenvalue weighted by Crippen LogP contribution is 2.19. The van der Waals surface area contributed by atoms with Gasteiger partial charge in [-0.3, -0.25) is 9.69 Å². The molecule has 2 heterocycles. The van der Waals surface area contributed by atoms with Crippen LogP contribution in [0.3, 0.4) is 0 Å². The number of rotatable bonds is 2. The minimum absolute atomic E-state index is 0.254. The van der Waals surface area contributed by atoms with Gasteiger partial charge in [0.25, 0.3) is 0 Å². The molecule has 0 aromatic carbocycles. The van der Waals surface area contributed by atoms with Crippen LogP contribution in [0.2, 0.25) is 0 Å². The smallest absolute Gasteiger partial charge is 0.228 e. The molecule has 1 aliphatic heterocycles. The van der Waals surface area contributed by atoms with Crippen molar-refractivity contribution in [3.63, 3.8) is 0 Å². The zero-order valence-electron chi connectivity index (χ0n) is 11.5. The molecule has 0 bridgehead atoms. The summed E-state index contributed by atoms with van der Waals surface area (Å²) in [7, 11) is 0. The lowest BCUT2D eigenvalue weighted by Gasteiger charge is -2.37. The van der Waals surface area contributed by atoms with Gasteiger partial charge in [0.2, 0.25) is 5.91 Å². The molecule has 3 nitrogen and oxygen atoms in total. The van der Waals surface area contributed by atoms with Gasteiger partial charge in [-0.05, 0) is 11.4 Å². The van der Waals surface area contributed by atoms with E-state index in [1.807, 2.05) is 25.7 Å². The van der Waals surface area contributed by atoms with Crippen molar-refractivity contribution < 1.29 is 4.79 Å². The SMILES string of the molecule is CC(C)(C)C(=O)N1CCN(Cc2cccs2)CC1. The minimum Gasteiger partial charge on any atom is -0.340 e. The van der Waals surface area contributed by atoms with E-state index in [1.165, 1.54) is 4.88 Å². The van der Waals surface area contributed by atoms with Gasteiger partial charge in [0.05, 0.1) is 0 Å². The Morgan fingerprint density at radius 2 is 1.94 bits per heavy atom. The third kappa shape index (κ3) is 3.33. The number of piperazine rings is 1. The molecule has 18 heavy (non-hydrogen) atoms. The number of hydrogen-bond acceptors (Lipinski definition) is 3. The first-order valence-electron chi connectivity index (χ1n) is 6.51. The maximum atomic E-state index is 12.2. The topological polar surface area (TPSA) is 23.6 Å². The Bertz CT molecular complexity index is 386. The molecular weight excluding hydrogens is 244 g/mol. The third-order valence-electron chi connectivity index (χ3n) is 3.26. The van der Waals surface area contributed by atoms with E-state index in [-0.39, 0.29) is 11.3 Å². The van der Waals surface area contributed by atoms with Crippen LogP contribution < -0.4 is 0 Å². The summed E-state index contributed by atoms with van der Waals surface area (Å²) < 4.78 is 0. The lowest BCUT2D eigenvalue weighted by molar-refractivity contribution is -0.141. The Morgan fingerprint density at radius 1 is 1.28 bits per heavy atom. The average molecular weight is 266 g/mol. The first-order valence-corrected chi connectivity index (χ1v) is 7.39. The molecule has 0 radical (unpaired) electrons. The Morgan fingerprint density at radius 3 is 2.44 bits per heavy atom. The zero-order valence-corrected chi connectivity index (χ0v) is 12.3. The van der Waals surface area contributed by atoms with Gasteiger partial charge in [0.15, 0.2) is 0 Å². The molecule has 4 heteroatoms. The summed E-state index contributed by atoms with van der Waals surface area (Å²) in [6, 6.07) is 4.27. The van der Waals surface area contributed by atoms with E-state index < -0.39 is 0 Å². The van der Waals surface area contributed by atoms with Crippen LogP contribution in [0.5, 0.6) is 0 Å². The van der Waals surface area contributed by atoms with E-state index in [1.54, 1.807) is 11.3 Å². The van der Waals surface area contributed by atoms with Crippen LogP contribution in [-0.4, -0.2) is 41.9 Å². The van der Waals surface area contributed by atoms with E-state index in [0.717, 1.165) is 32.7 Å². The summed E-state index contributed by atoms with van der Waals surface area (Å²) in [5.41, 5.74) is -0.254. The summed E-state index contributed by atoms with van der Waals surface area (Å²) in [5, 5.41) is 2.12. The van der Waals surface area contributed by atoms with Gasteiger partial charge in [0, 0.05) is 43.0 Å². The van der Waals surface area contributed by atoms with Gasteiger partial charge in [-0.2, -0.15) is 0 Å². The lowest BCUT2D eigenvalue weighted by atomic mass is 9.94. The number of nitrogens with zero attached hydrogens (tertiary/aromatic N) is 2. The van der Waals surface area contributed by atoms with Crippen molar-refractivity contribution in [2.45, 2.75) is 27.3 Å². The molecule has 0 spiro atoms. The van der Waals surface area contributed by atoms with Crippen LogP contribution >= 0.6 is 11.3 Å². The molecule has 1 aromatic heterocycles. The molecule has 0 aliphatic carbocycles. The predicted molar refractivity (Wildman–Crippen MR) is 75.6 cm³/mol. The normalized spacial score (nSPS) is 18.1. The maximum Gasteiger partial charge on any atom is 0.228 e. The summed E-state index contributed by atoms with van der Waals surface area (Å²) >= 11 is 1.81. The van der Waals surface area contributed by atoms with Gasteiger partial charge >= 0.3 is 0 Å². The fourth-order valence-corrected chi connectivity index (χ4v) is 2.95. The predicted octanol–water partition coefficient (Wildman–Crippen LogP) is 2.44. The first-order chi connectivity index (χ1) is 8.47. The molecule has 0 atom stereocenters. The number of amides is 1. The van der Waals surface area contributed by atoms with Gasteiger partial charge in [-0.15, -0.1) is 11.3 Å². The minimum atomic E-state index is -0.254. The van der Waals surface area contributed by atoms with Gasteiger partial charge in [-0.1, -0.05) is 26.8 Å². The number of hydrogen-bond donors (Lipinski definition) is 0.